The summed E-state index contributed by atoms with van der Waals surface area (Å²) in [6.45, 7) is 33.0. The molecule has 0 saturated heterocycles. The summed E-state index contributed by atoms with van der Waals surface area (Å²) < 4.78 is 9.89. The first-order valence-corrected chi connectivity index (χ1v) is 32.1. The summed E-state index contributed by atoms with van der Waals surface area (Å²) in [4.78, 5) is 87.7. The molecule has 10 heterocycles. The minimum Gasteiger partial charge on any atom is -1.00 e. The Balaban J connectivity index is 0.000000445. The molecule has 0 aromatic carbocycles. The van der Waals surface area contributed by atoms with Crippen molar-refractivity contribution in [3.8, 4) is 0 Å². The number of allylic oxidation sites excluding steroid dienone is 8. The number of nitrogens with zero attached hydrogens (tertiary/aromatic N) is 8. The monoisotopic (exact) mass is 1430 g/mol. The van der Waals surface area contributed by atoms with Crippen molar-refractivity contribution >= 4 is 113 Å². The van der Waals surface area contributed by atoms with Gasteiger partial charge >= 0.3 is 57.4 Å². The third-order valence-electron chi connectivity index (χ3n) is 17.5. The smallest absolute Gasteiger partial charge is 1.00 e. The molecule has 0 amide bonds. The van der Waals surface area contributed by atoms with Crippen LogP contribution in [-0.2, 0) is 87.9 Å². The molecule has 2 radical (unpaired) electrons. The molecule has 0 unspecified atom stereocenters. The Morgan fingerprint density at radius 1 is 0.365 bits per heavy atom. The zero-order chi connectivity index (χ0) is 67.4. The van der Waals surface area contributed by atoms with E-state index in [0.717, 1.165) is 177 Å². The van der Waals surface area contributed by atoms with Gasteiger partial charge in [-0.1, -0.05) is 121 Å². The number of aromatic nitrogens is 8. The summed E-state index contributed by atoms with van der Waals surface area (Å²) in [5.41, 5.74) is 29.6. The maximum atomic E-state index is 12.2. The Labute approximate surface area is 599 Å². The van der Waals surface area contributed by atoms with E-state index in [9.17, 15) is 29.4 Å². The number of esters is 2. The summed E-state index contributed by atoms with van der Waals surface area (Å²) >= 11 is 0. The van der Waals surface area contributed by atoms with E-state index in [1.165, 1.54) is 30.9 Å². The first-order chi connectivity index (χ1) is 43.9. The maximum Gasteiger partial charge on any atom is 2.00 e. The summed E-state index contributed by atoms with van der Waals surface area (Å²) in [5, 5.41) is 18.9. The molecule has 0 aliphatic carbocycles. The van der Waals surface area contributed by atoms with Crippen LogP contribution < -0.4 is 44.7 Å². The van der Waals surface area contributed by atoms with Crippen LogP contribution in [0.3, 0.4) is 0 Å². The number of halogens is 2. The van der Waals surface area contributed by atoms with Gasteiger partial charge in [0.15, 0.2) is 0 Å². The number of ether oxygens (including phenoxy) is 2. The first-order valence-electron chi connectivity index (χ1n) is 32.1. The normalized spacial score (nSPS) is 12.1. The number of aliphatic carboxylic acids is 2. The van der Waals surface area contributed by atoms with Crippen molar-refractivity contribution in [1.82, 2.24) is 39.9 Å². The van der Waals surface area contributed by atoms with Crippen LogP contribution in [-0.4, -0.2) is 68.2 Å². The number of carboxylic acid groups (broad SMARTS) is 2. The summed E-state index contributed by atoms with van der Waals surface area (Å²) in [5.74, 6) is -2.31. The summed E-state index contributed by atoms with van der Waals surface area (Å²) in [7, 11) is 2.80. The van der Waals surface area contributed by atoms with Gasteiger partial charge in [0.2, 0.25) is 0 Å². The van der Waals surface area contributed by atoms with Gasteiger partial charge in [0.25, 0.3) is 0 Å². The van der Waals surface area contributed by atoms with E-state index in [2.05, 4.69) is 73.6 Å². The maximum absolute atomic E-state index is 12.2. The van der Waals surface area contributed by atoms with Crippen LogP contribution in [0.4, 0.5) is 0 Å². The van der Waals surface area contributed by atoms with E-state index < -0.39 is 11.9 Å². The molecule has 0 spiro atoms. The molecule has 2 N–H and O–H groups in total. The van der Waals surface area contributed by atoms with Crippen molar-refractivity contribution in [2.75, 3.05) is 14.2 Å². The second-order valence-electron chi connectivity index (χ2n) is 23.6. The third-order valence-corrected chi connectivity index (χ3v) is 17.5. The van der Waals surface area contributed by atoms with E-state index in [-0.39, 0.29) is 96.0 Å². The molecule has 0 fully saturated rings. The summed E-state index contributed by atoms with van der Waals surface area (Å²) in [6.07, 6.45) is 9.35. The van der Waals surface area contributed by atoms with Gasteiger partial charge in [-0.25, -0.2) is 19.9 Å². The number of aryl methyl sites for hydroxylation is 8. The van der Waals surface area contributed by atoms with E-state index in [1.54, 1.807) is 0 Å². The van der Waals surface area contributed by atoms with Crippen LogP contribution in [0, 0.1) is 40.5 Å². The second kappa shape index (κ2) is 37.2. The van der Waals surface area contributed by atoms with Crippen LogP contribution in [0.1, 0.15) is 225 Å². The number of fused-ring (bicyclic) bond motifs is 16. The number of carbonyl (C=O) groups excluding carboxylic acids is 2. The first kappa shape index (κ1) is 82.6. The molecular formula is C76H90Cl2Co2N8O8. The Morgan fingerprint density at radius 3 is 0.896 bits per heavy atom. The molecule has 0 saturated carbocycles. The second-order valence-corrected chi connectivity index (χ2v) is 23.6. The number of carbonyl (C=O) groups is 4. The minimum atomic E-state index is -0.878. The molecule has 6 aromatic rings. The molecule has 4 aliphatic heterocycles. The van der Waals surface area contributed by atoms with Crippen LogP contribution in [0.15, 0.2) is 48.5 Å². The van der Waals surface area contributed by atoms with E-state index in [0.29, 0.717) is 36.9 Å². The molecule has 4 aliphatic rings. The number of hydrogen-bond acceptors (Lipinski definition) is 10. The van der Waals surface area contributed by atoms with Crippen molar-refractivity contribution in [2.24, 2.45) is 0 Å². The molecule has 514 valence electrons. The van der Waals surface area contributed by atoms with Crippen LogP contribution in [0.5, 0.6) is 0 Å². The van der Waals surface area contributed by atoms with Crippen LogP contribution >= 0.6 is 0 Å². The fourth-order valence-electron chi connectivity index (χ4n) is 12.3. The molecule has 10 rings (SSSR count). The molecule has 20 heteroatoms. The van der Waals surface area contributed by atoms with E-state index in [1.807, 2.05) is 98.6 Å². The Kier molecular flexibility index (Phi) is 32.0. The van der Waals surface area contributed by atoms with E-state index >= 15 is 0 Å². The van der Waals surface area contributed by atoms with Gasteiger partial charge < -0.3 is 64.4 Å². The van der Waals surface area contributed by atoms with Gasteiger partial charge in [-0.3, -0.25) is 19.2 Å². The predicted molar refractivity (Wildman–Crippen MR) is 372 cm³/mol. The zero-order valence-corrected chi connectivity index (χ0v) is 62.2. The molecule has 0 atom stereocenters. The Hall–Kier alpha value is -7.59. The third kappa shape index (κ3) is 18.5. The van der Waals surface area contributed by atoms with Gasteiger partial charge in [0.05, 0.1) is 100 Å². The number of rotatable bonds is 16. The number of methoxy groups -OCH3 is 2. The SMILES string of the molecule is CCC1=C(C)c2cc3[n-]c(cc4nc(cc5[n-]c(cc1n2)c(C)c5CCC(=O)O)C(CCC(=O)O)=C4C)c(C)c3CC.CCC1=C(C)c2cc3[n-]c(cc4nc(cc5[n-]c(cc1n2)c(C)c5CCC(=O)OC)C(CCC(=O)OC)=C4C)c(C)c3CC.C[CH+]C.C[CH+]C.[Cl-].[Cl-].[Co+2].[Co+2]. The quantitative estimate of drug-likeness (QED) is 0.0677. The molecule has 16 nitrogen and oxygen atoms in total. The van der Waals surface area contributed by atoms with Crippen molar-refractivity contribution in [3.05, 3.63) is 151 Å². The van der Waals surface area contributed by atoms with Crippen molar-refractivity contribution in [2.45, 2.75) is 188 Å². The largest absolute Gasteiger partial charge is 2.00 e. The van der Waals surface area contributed by atoms with Gasteiger partial charge in [-0.05, 0) is 151 Å². The topological polar surface area (TPSA) is 235 Å². The average molecular weight is 1430 g/mol. The molecule has 16 bridgehead atoms. The minimum absolute atomic E-state index is 0. The Morgan fingerprint density at radius 2 is 0.594 bits per heavy atom. The van der Waals surface area contributed by atoms with Gasteiger partial charge in [-0.2, -0.15) is 0 Å². The Bertz CT molecular complexity index is 4350. The van der Waals surface area contributed by atoms with Crippen LogP contribution in [0.2, 0.25) is 0 Å². The van der Waals surface area contributed by atoms with Crippen molar-refractivity contribution in [3.63, 3.8) is 0 Å². The van der Waals surface area contributed by atoms with Crippen molar-refractivity contribution < 1.29 is 97.2 Å². The molecular weight excluding hydrogens is 1340 g/mol. The molecule has 96 heavy (non-hydrogen) atoms. The number of carboxylic acids is 2. The predicted octanol–water partition coefficient (Wildman–Crippen LogP) is 10.5. The fraction of sp³-hybridized carbons (Fsp3) is 0.395. The zero-order valence-electron chi connectivity index (χ0n) is 58.6. The van der Waals surface area contributed by atoms with E-state index in [4.69, 9.17) is 49.3 Å². The standard InChI is InChI=1S/C36H40N4O4.C34H38N4O4.2C3H7.2ClH.2Co/c1-9-23-19(3)27-15-28-21(5)25(11-13-35(41)43-7)33(39-28)18-34-26(12-14-36(42)44-8)22(6)30(40-34)17-32-24(10-2)20(4)29(38-32)16-31(23)37-27;1-7-21-17(3)25-13-26-19(5)23(9-11-33(39)40)31(37-26)16-32-24(10-12-34(41)42)20(6)28(38-32)15-30-22(8-2)18(4)27(36-30)14-29(21)35-25;2*1-3-2;;;;/h15-18H,9-14H2,1-8H3;13-16H,7-12H2,1-6H3,(H4,35,36,37,38,39,40,41,42);2*3H,1-2H3;2*1H;;/q-2;;2*+1;;;2*+2/p-4. The molecule has 6 aromatic heterocycles. The van der Waals surface area contributed by atoms with Crippen molar-refractivity contribution in [1.29, 1.82) is 0 Å². The van der Waals surface area contributed by atoms with Gasteiger partial charge in [0, 0.05) is 25.7 Å². The number of hydrogen-bond donors (Lipinski definition) is 2. The fourth-order valence-corrected chi connectivity index (χ4v) is 12.3. The van der Waals surface area contributed by atoms with Gasteiger partial charge in [-0.15, -0.1) is 44.1 Å². The van der Waals surface area contributed by atoms with Gasteiger partial charge in [0.1, 0.15) is 0 Å². The average Bonchev–Trinajstić information content (AvgIpc) is 1.66. The summed E-state index contributed by atoms with van der Waals surface area (Å²) in [6, 6.07) is 16.1. The van der Waals surface area contributed by atoms with Crippen LogP contribution in [0.25, 0.3) is 88.7 Å².